The normalized spacial score (nSPS) is 33.2. The molecule has 4 N–H and O–H groups in total. The number of Topliss-reactive ketones (excluding diaryl/α,β-unsaturated/α-hetero) is 1. The van der Waals surface area contributed by atoms with E-state index in [-0.39, 0.29) is 29.2 Å². The molecule has 0 radical (unpaired) electrons. The highest BCUT2D eigenvalue weighted by molar-refractivity contribution is 5.94. The molecule has 1 saturated carbocycles. The summed E-state index contributed by atoms with van der Waals surface area (Å²) in [6, 6.07) is 0.153. The van der Waals surface area contributed by atoms with Crippen molar-refractivity contribution in [3.05, 3.63) is 16.7 Å². The third-order valence-corrected chi connectivity index (χ3v) is 6.10. The van der Waals surface area contributed by atoms with Crippen molar-refractivity contribution in [2.45, 2.75) is 50.5 Å². The van der Waals surface area contributed by atoms with Gasteiger partial charge in [0, 0.05) is 18.0 Å². The number of piperidine rings is 1. The number of fused-ring (bicyclic) bond motifs is 1. The van der Waals surface area contributed by atoms with Crippen LogP contribution in [-0.2, 0) is 16.6 Å². The van der Waals surface area contributed by atoms with Crippen LogP contribution in [-0.4, -0.2) is 33.7 Å². The minimum Gasteiger partial charge on any atom is -0.504 e. The van der Waals surface area contributed by atoms with E-state index in [2.05, 4.69) is 5.32 Å². The predicted octanol–water partition coefficient (Wildman–Crippen LogP) is 1.64. The molecular formula is C17H21NO4. The summed E-state index contributed by atoms with van der Waals surface area (Å²) in [6.07, 6.45) is 3.75. The van der Waals surface area contributed by atoms with E-state index in [0.717, 1.165) is 24.9 Å². The van der Waals surface area contributed by atoms with Gasteiger partial charge in [0.25, 0.3) is 0 Å². The quantitative estimate of drug-likeness (QED) is 0.547. The molecule has 3 aliphatic rings. The van der Waals surface area contributed by atoms with Gasteiger partial charge in [-0.1, -0.05) is 0 Å². The topological polar surface area (TPSA) is 89.8 Å². The van der Waals surface area contributed by atoms with Gasteiger partial charge in [0.15, 0.2) is 11.5 Å². The summed E-state index contributed by atoms with van der Waals surface area (Å²) >= 11 is 0. The minimum atomic E-state index is -0.603. The van der Waals surface area contributed by atoms with E-state index in [1.54, 1.807) is 6.92 Å². The molecule has 0 aromatic heterocycles. The van der Waals surface area contributed by atoms with Gasteiger partial charge >= 0.3 is 0 Å². The summed E-state index contributed by atoms with van der Waals surface area (Å²) in [5.74, 6) is -0.573. The summed E-state index contributed by atoms with van der Waals surface area (Å²) in [6.45, 7) is 2.51. The Morgan fingerprint density at radius 2 is 1.95 bits per heavy atom. The molecule has 1 aromatic carbocycles. The fourth-order valence-electron chi connectivity index (χ4n) is 5.21. The molecule has 0 spiro atoms. The number of nitrogens with one attached hydrogen (secondary N) is 1. The maximum atomic E-state index is 12.9. The van der Waals surface area contributed by atoms with Crippen LogP contribution in [0.2, 0.25) is 0 Å². The van der Waals surface area contributed by atoms with Crippen molar-refractivity contribution >= 4 is 5.78 Å². The molecule has 2 fully saturated rings. The Balaban J connectivity index is 2.07. The Morgan fingerprint density at radius 1 is 1.18 bits per heavy atom. The summed E-state index contributed by atoms with van der Waals surface area (Å²) < 4.78 is 0. The monoisotopic (exact) mass is 303 g/mol. The summed E-state index contributed by atoms with van der Waals surface area (Å²) in [5.41, 5.74) is 1.37. The van der Waals surface area contributed by atoms with Gasteiger partial charge in [-0.25, -0.2) is 0 Å². The van der Waals surface area contributed by atoms with Crippen LogP contribution < -0.4 is 5.32 Å². The van der Waals surface area contributed by atoms with Gasteiger partial charge in [-0.2, -0.15) is 0 Å². The molecule has 118 valence electrons. The molecule has 1 aromatic rings. The standard InChI is InChI=1S/C17H21NO4/c1-8-13-9(15(21)16(22)14(8)20)7-11-10-3-2-4-12(19)17(10,13)5-6-18-11/h10-11,18,20-22H,2-7H2,1H3/t10-,11+,17+/m0/s1. The number of hydrogen-bond acceptors (Lipinski definition) is 5. The van der Waals surface area contributed by atoms with Crippen LogP contribution in [0.5, 0.6) is 17.2 Å². The first-order chi connectivity index (χ1) is 10.5. The molecule has 0 amide bonds. The fourth-order valence-corrected chi connectivity index (χ4v) is 5.21. The molecule has 5 nitrogen and oxygen atoms in total. The van der Waals surface area contributed by atoms with Gasteiger partial charge in [-0.15, -0.1) is 0 Å². The highest BCUT2D eigenvalue weighted by Crippen LogP contribution is 2.57. The SMILES string of the molecule is Cc1c(O)c(O)c(O)c2c1[C@]13CCN[C@H](C2)[C@@H]1CCCC3=O. The number of aromatic hydroxyl groups is 3. The van der Waals surface area contributed by atoms with E-state index in [1.807, 2.05) is 0 Å². The minimum absolute atomic E-state index is 0.153. The lowest BCUT2D eigenvalue weighted by molar-refractivity contribution is -0.132. The first kappa shape index (κ1) is 13.9. The van der Waals surface area contributed by atoms with E-state index in [9.17, 15) is 20.1 Å². The lowest BCUT2D eigenvalue weighted by atomic mass is 9.51. The van der Waals surface area contributed by atoms with Crippen LogP contribution in [0.25, 0.3) is 0 Å². The maximum absolute atomic E-state index is 12.9. The Labute approximate surface area is 129 Å². The van der Waals surface area contributed by atoms with Crippen LogP contribution in [0.1, 0.15) is 42.4 Å². The summed E-state index contributed by atoms with van der Waals surface area (Å²) in [4.78, 5) is 12.9. The van der Waals surface area contributed by atoms with E-state index >= 15 is 0 Å². The lowest BCUT2D eigenvalue weighted by Crippen LogP contribution is -2.63. The third-order valence-electron chi connectivity index (χ3n) is 6.10. The number of carbonyl (C=O) groups excluding carboxylic acids is 1. The number of phenols is 3. The maximum Gasteiger partial charge on any atom is 0.200 e. The van der Waals surface area contributed by atoms with Gasteiger partial charge in [0.05, 0.1) is 5.41 Å². The zero-order valence-corrected chi connectivity index (χ0v) is 12.6. The first-order valence-electron chi connectivity index (χ1n) is 8.02. The molecule has 1 aliphatic heterocycles. The highest BCUT2D eigenvalue weighted by atomic mass is 16.3. The largest absolute Gasteiger partial charge is 0.504 e. The number of benzene rings is 1. The Bertz CT molecular complexity index is 684. The van der Waals surface area contributed by atoms with Gasteiger partial charge < -0.3 is 20.6 Å². The molecule has 1 saturated heterocycles. The van der Waals surface area contributed by atoms with Crippen molar-refractivity contribution in [3.63, 3.8) is 0 Å². The van der Waals surface area contributed by atoms with Crippen molar-refractivity contribution in [1.29, 1.82) is 0 Å². The van der Waals surface area contributed by atoms with Crippen molar-refractivity contribution in [2.75, 3.05) is 6.54 Å². The van der Waals surface area contributed by atoms with Gasteiger partial charge in [0.2, 0.25) is 5.75 Å². The van der Waals surface area contributed by atoms with Crippen molar-refractivity contribution in [3.8, 4) is 17.2 Å². The summed E-state index contributed by atoms with van der Waals surface area (Å²) in [7, 11) is 0. The van der Waals surface area contributed by atoms with Gasteiger partial charge in [0.1, 0.15) is 5.78 Å². The molecule has 3 atom stereocenters. The van der Waals surface area contributed by atoms with Gasteiger partial charge in [-0.05, 0) is 56.2 Å². The van der Waals surface area contributed by atoms with Gasteiger partial charge in [-0.3, -0.25) is 4.79 Å². The van der Waals surface area contributed by atoms with Crippen molar-refractivity contribution < 1.29 is 20.1 Å². The number of ketones is 1. The van der Waals surface area contributed by atoms with E-state index in [4.69, 9.17) is 0 Å². The first-order valence-corrected chi connectivity index (χ1v) is 8.02. The second kappa shape index (κ2) is 4.38. The molecule has 22 heavy (non-hydrogen) atoms. The van der Waals surface area contributed by atoms with Crippen LogP contribution in [0.4, 0.5) is 0 Å². The molecular weight excluding hydrogens is 282 g/mol. The molecule has 5 heteroatoms. The predicted molar refractivity (Wildman–Crippen MR) is 80.3 cm³/mol. The smallest absolute Gasteiger partial charge is 0.200 e. The second-order valence-corrected chi connectivity index (χ2v) is 6.93. The van der Waals surface area contributed by atoms with Crippen LogP contribution in [0.3, 0.4) is 0 Å². The average Bonchev–Trinajstić information content (AvgIpc) is 2.50. The number of carbonyl (C=O) groups is 1. The van der Waals surface area contributed by atoms with Crippen LogP contribution >= 0.6 is 0 Å². The van der Waals surface area contributed by atoms with E-state index in [1.165, 1.54) is 0 Å². The number of hydrogen-bond donors (Lipinski definition) is 4. The third kappa shape index (κ3) is 1.45. The number of rotatable bonds is 0. The van der Waals surface area contributed by atoms with Crippen LogP contribution in [0, 0.1) is 12.8 Å². The Hall–Kier alpha value is -1.75. The Morgan fingerprint density at radius 3 is 2.73 bits per heavy atom. The highest BCUT2D eigenvalue weighted by Gasteiger charge is 2.57. The zero-order chi connectivity index (χ0) is 15.6. The lowest BCUT2D eigenvalue weighted by Gasteiger charge is -2.55. The molecule has 0 unspecified atom stereocenters. The Kier molecular flexibility index (Phi) is 2.77. The molecule has 2 aliphatic carbocycles. The van der Waals surface area contributed by atoms with E-state index in [0.29, 0.717) is 30.4 Å². The molecule has 1 heterocycles. The fraction of sp³-hybridized carbons (Fsp3) is 0.588. The van der Waals surface area contributed by atoms with E-state index < -0.39 is 11.2 Å². The van der Waals surface area contributed by atoms with Crippen molar-refractivity contribution in [1.82, 2.24) is 5.32 Å². The molecule has 4 rings (SSSR count). The summed E-state index contributed by atoms with van der Waals surface area (Å²) in [5, 5.41) is 33.9. The average molecular weight is 303 g/mol. The van der Waals surface area contributed by atoms with Crippen LogP contribution in [0.15, 0.2) is 0 Å². The molecule has 2 bridgehead atoms. The van der Waals surface area contributed by atoms with Crippen molar-refractivity contribution in [2.24, 2.45) is 5.92 Å². The zero-order valence-electron chi connectivity index (χ0n) is 12.6. The number of phenolic OH excluding ortho intramolecular Hbond substituents is 3. The second-order valence-electron chi connectivity index (χ2n) is 6.93.